The molecule has 1 fully saturated rings. The lowest BCUT2D eigenvalue weighted by Gasteiger charge is -2.43. The molecular formula is C45H77N5O12. The summed E-state index contributed by atoms with van der Waals surface area (Å²) in [6, 6.07) is 0. The molecule has 2 amide bonds. The van der Waals surface area contributed by atoms with Crippen LogP contribution in [0, 0.1) is 0 Å². The van der Waals surface area contributed by atoms with Gasteiger partial charge in [0, 0.05) is 40.8 Å². The predicted molar refractivity (Wildman–Crippen MR) is 230 cm³/mol. The molecule has 0 aliphatic carbocycles. The first kappa shape index (κ1) is 54.0. The zero-order chi connectivity index (χ0) is 45.5. The van der Waals surface area contributed by atoms with Gasteiger partial charge in [-0.05, 0) is 12.8 Å². The Bertz CT molecular complexity index is 1460. The summed E-state index contributed by atoms with van der Waals surface area (Å²) in [5, 5.41) is 11.2. The Balaban J connectivity index is 2.05. The fourth-order valence-corrected chi connectivity index (χ4v) is 7.36. The zero-order valence-corrected chi connectivity index (χ0v) is 38.5. The maximum Gasteiger partial charge on any atom is 0.303 e. The van der Waals surface area contributed by atoms with E-state index >= 15 is 0 Å². The first-order chi connectivity index (χ1) is 29.8. The molecule has 0 radical (unpaired) electrons. The summed E-state index contributed by atoms with van der Waals surface area (Å²) in [7, 11) is 0. The Morgan fingerprint density at radius 1 is 0.661 bits per heavy atom. The minimum Gasteiger partial charge on any atom is -0.463 e. The smallest absolute Gasteiger partial charge is 0.303 e. The molecule has 0 spiro atoms. The van der Waals surface area contributed by atoms with Crippen molar-refractivity contribution in [1.29, 1.82) is 0 Å². The number of hydrogen-bond donors (Lipinski definition) is 1. The van der Waals surface area contributed by atoms with E-state index in [1.54, 1.807) is 4.90 Å². The van der Waals surface area contributed by atoms with Crippen molar-refractivity contribution < 1.29 is 57.2 Å². The van der Waals surface area contributed by atoms with Gasteiger partial charge in [-0.3, -0.25) is 28.8 Å². The van der Waals surface area contributed by atoms with Crippen molar-refractivity contribution in [3.05, 3.63) is 11.9 Å². The minimum absolute atomic E-state index is 0.0540. The van der Waals surface area contributed by atoms with Crippen LogP contribution in [0.15, 0.2) is 6.20 Å². The number of amides is 2. The van der Waals surface area contributed by atoms with Crippen LogP contribution in [0.2, 0.25) is 0 Å². The topological polar surface area (TPSA) is 204 Å². The lowest BCUT2D eigenvalue weighted by atomic mass is 9.98. The third-order valence-electron chi connectivity index (χ3n) is 10.5. The van der Waals surface area contributed by atoms with E-state index in [0.29, 0.717) is 13.1 Å². The third kappa shape index (κ3) is 23.9. The fraction of sp³-hybridized carbons (Fsp3) is 0.822. The second-order valence-electron chi connectivity index (χ2n) is 16.3. The van der Waals surface area contributed by atoms with Crippen LogP contribution in [0.4, 0.5) is 0 Å². The van der Waals surface area contributed by atoms with Crippen molar-refractivity contribution in [2.45, 2.75) is 214 Å². The van der Waals surface area contributed by atoms with E-state index in [0.717, 1.165) is 65.7 Å². The van der Waals surface area contributed by atoms with Gasteiger partial charge in [-0.1, -0.05) is 135 Å². The molecule has 17 heteroatoms. The van der Waals surface area contributed by atoms with E-state index in [2.05, 4.69) is 29.5 Å². The number of carbonyl (C=O) groups excluding carboxylic acids is 6. The van der Waals surface area contributed by atoms with Gasteiger partial charge in [-0.25, -0.2) is 4.68 Å². The molecule has 17 nitrogen and oxygen atoms in total. The Hall–Kier alpha value is -4.12. The van der Waals surface area contributed by atoms with Gasteiger partial charge in [0.15, 0.2) is 24.6 Å². The van der Waals surface area contributed by atoms with E-state index in [1.807, 2.05) is 0 Å². The molecule has 2 heterocycles. The molecule has 1 N–H and O–H groups in total. The standard InChI is InChI=1S/C45H77N5O12/c1-7-9-11-13-15-17-19-21-23-25-27-46-40(55)30-49(28-26-24-22-20-18-16-14-12-10-8-2)41(56)31-50-29-38(47-48-50)32-58-45-44(61-37(6)54)43(60-36(5)53)42(59-35(4)52)39(62-45)33-57-34(3)51/h29,39,42-45H,7-28,30-33H2,1-6H3,(H,46,55)/t39-,42-,43+,44-,45-/m1/s1. The number of ether oxygens (including phenoxy) is 6. The molecular weight excluding hydrogens is 803 g/mol. The van der Waals surface area contributed by atoms with Crippen molar-refractivity contribution in [2.24, 2.45) is 0 Å². The molecule has 1 aromatic heterocycles. The van der Waals surface area contributed by atoms with Gasteiger partial charge in [0.2, 0.25) is 11.8 Å². The number of unbranched alkanes of at least 4 members (excludes halogenated alkanes) is 18. The van der Waals surface area contributed by atoms with Gasteiger partial charge in [0.1, 0.15) is 24.9 Å². The Morgan fingerprint density at radius 3 is 1.69 bits per heavy atom. The van der Waals surface area contributed by atoms with E-state index < -0.39 is 61.2 Å². The molecule has 2 rings (SSSR count). The first-order valence-corrected chi connectivity index (χ1v) is 23.2. The molecule has 1 aliphatic heterocycles. The second kappa shape index (κ2) is 32.5. The highest BCUT2D eigenvalue weighted by Gasteiger charge is 2.52. The summed E-state index contributed by atoms with van der Waals surface area (Å²) < 4.78 is 34.8. The van der Waals surface area contributed by atoms with Crippen LogP contribution < -0.4 is 5.32 Å². The largest absolute Gasteiger partial charge is 0.463 e. The van der Waals surface area contributed by atoms with Gasteiger partial charge in [-0.2, -0.15) is 0 Å². The summed E-state index contributed by atoms with van der Waals surface area (Å²) in [5.41, 5.74) is 0.279. The van der Waals surface area contributed by atoms with Gasteiger partial charge in [0.25, 0.3) is 0 Å². The Labute approximate surface area is 369 Å². The number of nitrogens with zero attached hydrogens (tertiary/aromatic N) is 4. The normalized spacial score (nSPS) is 18.5. The molecule has 5 atom stereocenters. The summed E-state index contributed by atoms with van der Waals surface area (Å²) in [6.07, 6.45) is 18.4. The van der Waals surface area contributed by atoms with Crippen LogP contribution in [0.3, 0.4) is 0 Å². The number of aromatic nitrogens is 3. The van der Waals surface area contributed by atoms with E-state index in [9.17, 15) is 28.8 Å². The quantitative estimate of drug-likeness (QED) is 0.0437. The number of nitrogens with one attached hydrogen (secondary N) is 1. The molecule has 0 aromatic carbocycles. The maximum absolute atomic E-state index is 13.7. The predicted octanol–water partition coefficient (Wildman–Crippen LogP) is 6.66. The molecule has 1 saturated heterocycles. The van der Waals surface area contributed by atoms with Gasteiger partial charge in [-0.15, -0.1) is 5.10 Å². The van der Waals surface area contributed by atoms with E-state index in [-0.39, 0.29) is 37.2 Å². The lowest BCUT2D eigenvalue weighted by molar-refractivity contribution is -0.310. The zero-order valence-electron chi connectivity index (χ0n) is 38.5. The average molecular weight is 880 g/mol. The monoisotopic (exact) mass is 880 g/mol. The van der Waals surface area contributed by atoms with Crippen LogP contribution in [-0.2, 0) is 70.3 Å². The molecule has 1 aromatic rings. The highest BCUT2D eigenvalue weighted by Crippen LogP contribution is 2.30. The SMILES string of the molecule is CCCCCCCCCCCCNC(=O)CN(CCCCCCCCCCCC)C(=O)Cn1cc(CO[C@@H]2O[C@H](COC(C)=O)[C@@H](OC(C)=O)[C@H](OC(C)=O)[C@H]2OC(C)=O)nn1. The molecule has 1 aliphatic rings. The average Bonchev–Trinajstić information content (AvgIpc) is 3.66. The van der Waals surface area contributed by atoms with Gasteiger partial charge in [0.05, 0.1) is 19.3 Å². The highest BCUT2D eigenvalue weighted by atomic mass is 16.7. The first-order valence-electron chi connectivity index (χ1n) is 23.2. The molecule has 62 heavy (non-hydrogen) atoms. The van der Waals surface area contributed by atoms with Crippen molar-refractivity contribution >= 4 is 35.7 Å². The molecule has 0 bridgehead atoms. The molecule has 0 saturated carbocycles. The lowest BCUT2D eigenvalue weighted by Crippen LogP contribution is -2.62. The molecule has 0 unspecified atom stereocenters. The maximum atomic E-state index is 13.7. The third-order valence-corrected chi connectivity index (χ3v) is 10.5. The molecule has 354 valence electrons. The number of carbonyl (C=O) groups is 6. The van der Waals surface area contributed by atoms with Gasteiger partial charge < -0.3 is 38.6 Å². The van der Waals surface area contributed by atoms with Crippen LogP contribution in [0.25, 0.3) is 0 Å². The summed E-state index contributed by atoms with van der Waals surface area (Å²) in [5.74, 6) is -3.40. The van der Waals surface area contributed by atoms with Crippen LogP contribution in [0.5, 0.6) is 0 Å². The van der Waals surface area contributed by atoms with E-state index in [4.69, 9.17) is 28.4 Å². The van der Waals surface area contributed by atoms with Crippen molar-refractivity contribution in [2.75, 3.05) is 26.2 Å². The fourth-order valence-electron chi connectivity index (χ4n) is 7.36. The van der Waals surface area contributed by atoms with Crippen molar-refractivity contribution in [1.82, 2.24) is 25.2 Å². The van der Waals surface area contributed by atoms with Crippen LogP contribution in [0.1, 0.15) is 176 Å². The van der Waals surface area contributed by atoms with Crippen molar-refractivity contribution in [3.63, 3.8) is 0 Å². The second-order valence-corrected chi connectivity index (χ2v) is 16.3. The summed E-state index contributed by atoms with van der Waals surface area (Å²) in [6.45, 7) is 9.16. The summed E-state index contributed by atoms with van der Waals surface area (Å²) >= 11 is 0. The Morgan fingerprint density at radius 2 is 1.16 bits per heavy atom. The summed E-state index contributed by atoms with van der Waals surface area (Å²) in [4.78, 5) is 76.4. The number of hydrogen-bond acceptors (Lipinski definition) is 14. The number of esters is 4. The van der Waals surface area contributed by atoms with Crippen LogP contribution >= 0.6 is 0 Å². The van der Waals surface area contributed by atoms with Gasteiger partial charge >= 0.3 is 23.9 Å². The Kier molecular flexibility index (Phi) is 28.3. The van der Waals surface area contributed by atoms with E-state index in [1.165, 1.54) is 101 Å². The minimum atomic E-state index is -1.40. The van der Waals surface area contributed by atoms with Crippen molar-refractivity contribution in [3.8, 4) is 0 Å². The number of rotatable bonds is 34. The highest BCUT2D eigenvalue weighted by molar-refractivity contribution is 5.84. The van der Waals surface area contributed by atoms with Crippen LogP contribution in [-0.4, -0.2) is 113 Å².